The van der Waals surface area contributed by atoms with E-state index in [0.29, 0.717) is 42.4 Å². The smallest absolute Gasteiger partial charge is 0.0842 e. The summed E-state index contributed by atoms with van der Waals surface area (Å²) < 4.78 is 0. The molecule has 0 aliphatic heterocycles. The van der Waals surface area contributed by atoms with Gasteiger partial charge in [0.05, 0.1) is 20.9 Å². The summed E-state index contributed by atoms with van der Waals surface area (Å²) in [6, 6.07) is 139. The Morgan fingerprint density at radius 3 is 0.524 bits per heavy atom. The van der Waals surface area contributed by atoms with Crippen molar-refractivity contribution in [3.63, 3.8) is 0 Å². The summed E-state index contributed by atoms with van der Waals surface area (Å²) in [6.07, 6.45) is 6.93. The molecule has 0 fully saturated rings. The fourth-order valence-corrected chi connectivity index (χ4v) is 9.35. The van der Waals surface area contributed by atoms with Crippen LogP contribution in [0.1, 0.15) is 44.5 Å². The van der Waals surface area contributed by atoms with Gasteiger partial charge in [-0.1, -0.05) is 291 Å². The number of benzene rings is 8. The fourth-order valence-electron chi connectivity index (χ4n) is 9.35. The molecule has 0 spiro atoms. The lowest BCUT2D eigenvalue weighted by Gasteiger charge is -2.06. The van der Waals surface area contributed by atoms with Crippen LogP contribution in [0.5, 0.6) is 0 Å². The van der Waals surface area contributed by atoms with Crippen LogP contribution in [-0.4, -0.2) is 9.97 Å². The predicted molar refractivity (Wildman–Crippen MR) is 334 cm³/mol. The second kappa shape index (κ2) is 27.4. The maximum absolute atomic E-state index is 4.65. The van der Waals surface area contributed by atoms with Gasteiger partial charge < -0.3 is 0 Å². The van der Waals surface area contributed by atoms with Crippen molar-refractivity contribution in [2.75, 3.05) is 0 Å². The molecule has 0 radical (unpaired) electrons. The zero-order valence-corrected chi connectivity index (χ0v) is 45.5. The molecule has 2 heteroatoms. The molecule has 0 aliphatic rings. The third-order valence-electron chi connectivity index (χ3n) is 13.2. The van der Waals surface area contributed by atoms with Gasteiger partial charge in [-0.15, -0.1) is 0 Å². The molecule has 0 unspecified atom stereocenters. The van der Waals surface area contributed by atoms with Crippen LogP contribution in [0.3, 0.4) is 0 Å². The van der Waals surface area contributed by atoms with Crippen molar-refractivity contribution in [2.24, 2.45) is 0 Å². The first-order valence-electron chi connectivity index (χ1n) is 27.1. The lowest BCUT2D eigenvalue weighted by Crippen LogP contribution is -2.05. The van der Waals surface area contributed by atoms with E-state index < -0.39 is 0 Å². The van der Waals surface area contributed by atoms with Gasteiger partial charge in [0.15, 0.2) is 0 Å². The quantitative estimate of drug-likeness (QED) is 0.152. The van der Waals surface area contributed by atoms with Crippen molar-refractivity contribution >= 4 is 43.8 Å². The van der Waals surface area contributed by atoms with Gasteiger partial charge >= 0.3 is 0 Å². The van der Waals surface area contributed by atoms with Crippen LogP contribution in [-0.2, 0) is 0 Å². The molecule has 0 atom stereocenters. The number of nitrogens with zero attached hydrogens (tertiary/aromatic N) is 2. The van der Waals surface area contributed by atoms with E-state index in [2.05, 4.69) is 204 Å². The second-order valence-corrected chi connectivity index (χ2v) is 18.9. The molecule has 0 aliphatic carbocycles. The number of aromatic nitrogens is 2. The minimum atomic E-state index is 0.571. The SMILES string of the molecule is c1c#cc(=C(c2ccccc2)c2ccccc2)c#cc2cncc(c#cc(=C(c3ccccc3)c3ccccc3)c#cc#cc(=C(c3ccccc3)c3ccccc3)c#cc3cncc(c#cc(=C(c4ccccc4)c4ccccc4)c#1)c3)c2. The van der Waals surface area contributed by atoms with Crippen molar-refractivity contribution < 1.29 is 0 Å². The Morgan fingerprint density at radius 1 is 0.190 bits per heavy atom. The van der Waals surface area contributed by atoms with Crippen LogP contribution in [0.15, 0.2) is 280 Å². The highest BCUT2D eigenvalue weighted by atomic mass is 14.6. The molecule has 4 bridgehead atoms. The Morgan fingerprint density at radius 2 is 0.357 bits per heavy atom. The number of rotatable bonds is 8. The van der Waals surface area contributed by atoms with Crippen LogP contribution in [0, 0.1) is 97.1 Å². The second-order valence-electron chi connectivity index (χ2n) is 18.9. The standard InChI is InChI=1S/C82H46N2/c1-9-29-67(30-10-1)79(68-31-11-2-12-32-68)75-45-25-26-46-76(80(69-33-13-3-14-34-69)70-35-15-4-16-36-70)54-51-65-58-66(62-84-61-65)52-56-78(82(73-41-21-7-22-42-73)74-43-23-8-24-44-74)48-28-27-47-77(55-50-64-57-63(49-53-75)59-83-60-64)81(71-37-17-5-18-38-71)72-39-19-6-20-40-72/h1-24,29-44,57-62H. The molecule has 84 heavy (non-hydrogen) atoms. The van der Waals surface area contributed by atoms with Crippen molar-refractivity contribution in [1.82, 2.24) is 9.97 Å². The number of hydrogen-bond acceptors (Lipinski definition) is 2. The minimum Gasteiger partial charge on any atom is -0.262 e. The molecule has 2 aromatic heterocycles. The summed E-state index contributed by atoms with van der Waals surface area (Å²) in [5, 5.41) is 4.86. The van der Waals surface area contributed by atoms with Gasteiger partial charge in [-0.25, -0.2) is 0 Å². The van der Waals surface area contributed by atoms with Crippen LogP contribution < -0.4 is 20.9 Å². The highest BCUT2D eigenvalue weighted by molar-refractivity contribution is 5.82. The molecule has 2 nitrogen and oxygen atoms in total. The van der Waals surface area contributed by atoms with E-state index in [9.17, 15) is 0 Å². The first-order chi connectivity index (χ1) is 41.7. The van der Waals surface area contributed by atoms with E-state index in [0.717, 1.165) is 66.8 Å². The maximum Gasteiger partial charge on any atom is 0.0842 e. The third-order valence-corrected chi connectivity index (χ3v) is 13.2. The number of fused-ring (bicyclic) bond motifs is 4. The van der Waals surface area contributed by atoms with Gasteiger partial charge in [0.25, 0.3) is 0 Å². The minimum absolute atomic E-state index is 0.571. The maximum atomic E-state index is 4.65. The molecular formula is C82H46N2. The Bertz CT molecular complexity index is 3840. The van der Waals surface area contributed by atoms with Crippen molar-refractivity contribution in [2.45, 2.75) is 0 Å². The Labute approximate surface area is 493 Å². The lowest BCUT2D eigenvalue weighted by molar-refractivity contribution is 1.38. The average Bonchev–Trinajstić information content (AvgIpc) is 3.75. The molecule has 0 N–H and O–H groups in total. The van der Waals surface area contributed by atoms with Crippen molar-refractivity contribution in [1.29, 1.82) is 0 Å². The summed E-state index contributed by atoms with van der Waals surface area (Å²) in [5.74, 6) is 0. The summed E-state index contributed by atoms with van der Waals surface area (Å²) in [7, 11) is 0. The molecule has 0 saturated heterocycles. The topological polar surface area (TPSA) is 25.8 Å². The number of hydrogen-bond donors (Lipinski definition) is 0. The third kappa shape index (κ3) is 13.8. The van der Waals surface area contributed by atoms with Crippen LogP contribution in [0.25, 0.3) is 43.8 Å². The molecule has 2 heterocycles. The highest BCUT2D eigenvalue weighted by Crippen LogP contribution is 2.23. The summed E-state index contributed by atoms with van der Waals surface area (Å²) in [5.41, 5.74) is 11.1. The normalized spacial score (nSPS) is 9.62. The fraction of sp³-hybridized carbons (Fsp3) is 0. The Kier molecular flexibility index (Phi) is 17.4. The molecule has 0 amide bonds. The molecule has 11 rings (SSSR count). The summed E-state index contributed by atoms with van der Waals surface area (Å²) in [6.45, 7) is 0. The van der Waals surface area contributed by atoms with Crippen LogP contribution in [0.2, 0.25) is 0 Å². The van der Waals surface area contributed by atoms with Crippen LogP contribution in [0.4, 0.5) is 0 Å². The summed E-state index contributed by atoms with van der Waals surface area (Å²) >= 11 is 0. The first kappa shape index (κ1) is 53.5. The predicted octanol–water partition coefficient (Wildman–Crippen LogP) is 13.6. The Balaban J connectivity index is 1.27. The van der Waals surface area contributed by atoms with Crippen LogP contribution >= 0.6 is 0 Å². The van der Waals surface area contributed by atoms with Gasteiger partial charge in [0.1, 0.15) is 0 Å². The average molecular weight is 1060 g/mol. The largest absolute Gasteiger partial charge is 0.262 e. The zero-order chi connectivity index (χ0) is 56.8. The van der Waals surface area contributed by atoms with E-state index in [1.807, 2.05) is 158 Å². The number of pyridine rings is 2. The molecule has 0 saturated carbocycles. The van der Waals surface area contributed by atoms with Gasteiger partial charge in [-0.2, -0.15) is 0 Å². The van der Waals surface area contributed by atoms with E-state index in [-0.39, 0.29) is 0 Å². The molecule has 384 valence electrons. The molecule has 9 aromatic carbocycles. The van der Waals surface area contributed by atoms with E-state index in [1.165, 1.54) is 0 Å². The summed E-state index contributed by atoms with van der Waals surface area (Å²) in [4.78, 5) is 9.29. The van der Waals surface area contributed by atoms with E-state index in [4.69, 9.17) is 0 Å². The van der Waals surface area contributed by atoms with Crippen molar-refractivity contribution in [3.05, 3.63) is 442 Å². The van der Waals surface area contributed by atoms with E-state index >= 15 is 0 Å². The lowest BCUT2D eigenvalue weighted by atomic mass is 9.96. The van der Waals surface area contributed by atoms with Crippen molar-refractivity contribution in [3.8, 4) is 0 Å². The zero-order valence-electron chi connectivity index (χ0n) is 45.5. The van der Waals surface area contributed by atoms with Gasteiger partial charge in [0.2, 0.25) is 0 Å². The highest BCUT2D eigenvalue weighted by Gasteiger charge is 2.09. The molecule has 11 aromatic rings. The van der Waals surface area contributed by atoms with Gasteiger partial charge in [-0.05, 0) is 105 Å². The van der Waals surface area contributed by atoms with E-state index in [1.54, 1.807) is 24.8 Å². The molecular weight excluding hydrogens is 1010 g/mol. The Hall–Kier alpha value is -12.5. The van der Waals surface area contributed by atoms with Gasteiger partial charge in [-0.3, -0.25) is 9.97 Å². The van der Waals surface area contributed by atoms with Gasteiger partial charge in [0, 0.05) is 68.6 Å². The monoisotopic (exact) mass is 1060 g/mol. The first-order valence-corrected chi connectivity index (χ1v) is 27.1.